The maximum absolute atomic E-state index is 13.5. The molecule has 3 fully saturated rings. The molecule has 3 aliphatic rings. The van der Waals surface area contributed by atoms with Crippen molar-refractivity contribution in [2.24, 2.45) is 22.7 Å². The van der Waals surface area contributed by atoms with Gasteiger partial charge in [0.25, 0.3) is 5.69 Å². The average molecular weight is 458 g/mol. The van der Waals surface area contributed by atoms with E-state index >= 15 is 0 Å². The SMILES string of the molecule is C#CNc1ccc(N2C(=O)C3C(C)(C2=O)C2C(=O)N(c4ccc([N+](=O)[O-])cc4)C(=O)C32C)cc1. The van der Waals surface area contributed by atoms with Crippen LogP contribution in [0.5, 0.6) is 0 Å². The summed E-state index contributed by atoms with van der Waals surface area (Å²) in [6.45, 7) is 3.08. The van der Waals surface area contributed by atoms with E-state index in [4.69, 9.17) is 6.42 Å². The third-order valence-corrected chi connectivity index (χ3v) is 7.32. The minimum atomic E-state index is -1.40. The molecule has 1 aliphatic carbocycles. The molecule has 1 saturated carbocycles. The van der Waals surface area contributed by atoms with Crippen LogP contribution in [-0.2, 0) is 19.2 Å². The first-order valence-electron chi connectivity index (χ1n) is 10.4. The molecule has 1 N–H and O–H groups in total. The lowest BCUT2D eigenvalue weighted by Crippen LogP contribution is -2.65. The quantitative estimate of drug-likeness (QED) is 0.245. The number of nitro benzene ring substituents is 1. The van der Waals surface area contributed by atoms with E-state index in [1.54, 1.807) is 31.2 Å². The van der Waals surface area contributed by atoms with Crippen LogP contribution in [0.25, 0.3) is 0 Å². The largest absolute Gasteiger partial charge is 0.315 e. The Hall–Kier alpha value is -4.52. The van der Waals surface area contributed by atoms with Crippen LogP contribution in [0.1, 0.15) is 13.8 Å². The van der Waals surface area contributed by atoms with E-state index < -0.39 is 51.2 Å². The van der Waals surface area contributed by atoms with E-state index in [0.717, 1.165) is 9.80 Å². The molecule has 0 aromatic heterocycles. The van der Waals surface area contributed by atoms with Crippen molar-refractivity contribution < 1.29 is 24.1 Å². The van der Waals surface area contributed by atoms with Crippen LogP contribution in [0.2, 0.25) is 0 Å². The Balaban J connectivity index is 1.51. The summed E-state index contributed by atoms with van der Waals surface area (Å²) >= 11 is 0. The van der Waals surface area contributed by atoms with Crippen molar-refractivity contribution in [2.75, 3.05) is 15.1 Å². The molecule has 10 heteroatoms. The molecule has 2 heterocycles. The number of hydrogen-bond acceptors (Lipinski definition) is 7. The molecule has 2 aliphatic heterocycles. The summed E-state index contributed by atoms with van der Waals surface area (Å²) in [5.41, 5.74) is -1.89. The number of anilines is 3. The van der Waals surface area contributed by atoms with Gasteiger partial charge in [-0.3, -0.25) is 29.3 Å². The Morgan fingerprint density at radius 1 is 0.853 bits per heavy atom. The number of nitro groups is 1. The lowest BCUT2D eigenvalue weighted by molar-refractivity contribution is -0.384. The summed E-state index contributed by atoms with van der Waals surface area (Å²) in [6, 6.07) is 13.6. The van der Waals surface area contributed by atoms with Gasteiger partial charge in [-0.1, -0.05) is 6.42 Å². The van der Waals surface area contributed by atoms with E-state index in [1.165, 1.54) is 31.2 Å². The van der Waals surface area contributed by atoms with E-state index in [9.17, 15) is 29.3 Å². The molecular weight excluding hydrogens is 440 g/mol. The van der Waals surface area contributed by atoms with Gasteiger partial charge in [0, 0.05) is 23.9 Å². The first-order chi connectivity index (χ1) is 16.1. The number of carbonyl (C=O) groups is 4. The standard InChI is InChI=1S/C24H18N4O6/c1-4-25-13-5-7-14(8-6-13)26-19(29)17-23(2,21(26)31)18-20(30)27(22(32)24(17,18)3)15-9-11-16(12-10-15)28(33)34/h1,5-12,17-18,25H,2-3H3. The highest BCUT2D eigenvalue weighted by atomic mass is 16.6. The molecule has 2 saturated heterocycles. The van der Waals surface area contributed by atoms with Crippen LogP contribution in [0.15, 0.2) is 48.5 Å². The maximum Gasteiger partial charge on any atom is 0.269 e. The van der Waals surface area contributed by atoms with Crippen molar-refractivity contribution in [1.29, 1.82) is 0 Å². The van der Waals surface area contributed by atoms with E-state index in [0.29, 0.717) is 11.4 Å². The van der Waals surface area contributed by atoms with Gasteiger partial charge >= 0.3 is 0 Å². The number of terminal acetylenes is 1. The van der Waals surface area contributed by atoms with Crippen LogP contribution in [0, 0.1) is 45.2 Å². The first-order valence-corrected chi connectivity index (χ1v) is 10.4. The summed E-state index contributed by atoms with van der Waals surface area (Å²) in [7, 11) is 0. The van der Waals surface area contributed by atoms with Gasteiger partial charge in [0.15, 0.2) is 0 Å². The second kappa shape index (κ2) is 6.74. The lowest BCUT2D eigenvalue weighted by atomic mass is 9.41. The second-order valence-corrected chi connectivity index (χ2v) is 8.98. The average Bonchev–Trinajstić information content (AvgIpc) is 3.08. The van der Waals surface area contributed by atoms with Gasteiger partial charge in [0.1, 0.15) is 0 Å². The Bertz CT molecular complexity index is 1350. The smallest absolute Gasteiger partial charge is 0.269 e. The number of amides is 4. The molecule has 0 radical (unpaired) electrons. The molecule has 34 heavy (non-hydrogen) atoms. The van der Waals surface area contributed by atoms with Crippen molar-refractivity contribution in [3.05, 3.63) is 58.6 Å². The summed E-state index contributed by atoms with van der Waals surface area (Å²) in [4.78, 5) is 66.2. The van der Waals surface area contributed by atoms with Gasteiger partial charge < -0.3 is 5.32 Å². The molecule has 4 amide bonds. The molecule has 0 spiro atoms. The summed E-state index contributed by atoms with van der Waals surface area (Å²) in [6.07, 6.45) is 5.22. The fraction of sp³-hybridized carbons (Fsp3) is 0.250. The summed E-state index contributed by atoms with van der Waals surface area (Å²) < 4.78 is 0. The summed E-state index contributed by atoms with van der Waals surface area (Å²) in [5, 5.41) is 13.6. The molecule has 0 bridgehead atoms. The number of carbonyl (C=O) groups excluding carboxylic acids is 4. The fourth-order valence-corrected chi connectivity index (χ4v) is 5.93. The van der Waals surface area contributed by atoms with Gasteiger partial charge in [-0.05, 0) is 50.2 Å². The molecule has 2 aromatic rings. The van der Waals surface area contributed by atoms with Gasteiger partial charge in [-0.2, -0.15) is 0 Å². The third-order valence-electron chi connectivity index (χ3n) is 7.32. The first kappa shape index (κ1) is 21.3. The van der Waals surface area contributed by atoms with Crippen LogP contribution >= 0.6 is 0 Å². The van der Waals surface area contributed by atoms with E-state index in [1.807, 2.05) is 0 Å². The topological polar surface area (TPSA) is 130 Å². The van der Waals surface area contributed by atoms with Crippen molar-refractivity contribution in [3.8, 4) is 12.5 Å². The highest BCUT2D eigenvalue weighted by Gasteiger charge is 2.85. The minimum Gasteiger partial charge on any atom is -0.315 e. The number of rotatable bonds is 4. The number of non-ortho nitro benzene ring substituents is 1. The zero-order chi connectivity index (χ0) is 24.6. The van der Waals surface area contributed by atoms with Gasteiger partial charge in [-0.15, -0.1) is 0 Å². The number of hydrogen-bond donors (Lipinski definition) is 1. The molecular formula is C24H18N4O6. The van der Waals surface area contributed by atoms with Crippen molar-refractivity contribution in [1.82, 2.24) is 0 Å². The fourth-order valence-electron chi connectivity index (χ4n) is 5.93. The number of nitrogens with zero attached hydrogens (tertiary/aromatic N) is 3. The molecule has 10 nitrogen and oxygen atoms in total. The Labute approximate surface area is 193 Å². The zero-order valence-electron chi connectivity index (χ0n) is 18.1. The van der Waals surface area contributed by atoms with Crippen molar-refractivity contribution >= 4 is 46.4 Å². The monoisotopic (exact) mass is 458 g/mol. The number of benzene rings is 2. The summed E-state index contributed by atoms with van der Waals surface area (Å²) in [5.74, 6) is -4.34. The molecule has 2 aromatic carbocycles. The Morgan fingerprint density at radius 2 is 1.26 bits per heavy atom. The van der Waals surface area contributed by atoms with Crippen LogP contribution in [-0.4, -0.2) is 28.6 Å². The van der Waals surface area contributed by atoms with Crippen LogP contribution in [0.3, 0.4) is 0 Å². The van der Waals surface area contributed by atoms with Crippen molar-refractivity contribution in [2.45, 2.75) is 13.8 Å². The number of fused-ring (bicyclic) bond motifs is 4. The van der Waals surface area contributed by atoms with Gasteiger partial charge in [0.2, 0.25) is 23.6 Å². The molecule has 5 rings (SSSR count). The van der Waals surface area contributed by atoms with Gasteiger partial charge in [-0.25, -0.2) is 9.80 Å². The van der Waals surface area contributed by atoms with Crippen molar-refractivity contribution in [3.63, 3.8) is 0 Å². The number of imide groups is 2. The number of nitrogens with one attached hydrogen (secondary N) is 1. The minimum absolute atomic E-state index is 0.159. The lowest BCUT2D eigenvalue weighted by Gasteiger charge is -2.53. The maximum atomic E-state index is 13.5. The molecule has 4 unspecified atom stereocenters. The predicted molar refractivity (Wildman–Crippen MR) is 120 cm³/mol. The van der Waals surface area contributed by atoms with Crippen LogP contribution < -0.4 is 15.1 Å². The Kier molecular flexibility index (Phi) is 4.23. The van der Waals surface area contributed by atoms with Gasteiger partial charge in [0.05, 0.1) is 39.0 Å². The zero-order valence-corrected chi connectivity index (χ0v) is 18.1. The molecule has 4 atom stereocenters. The molecule has 170 valence electrons. The third kappa shape index (κ3) is 2.35. The van der Waals surface area contributed by atoms with E-state index in [-0.39, 0.29) is 11.4 Å². The Morgan fingerprint density at radius 3 is 1.65 bits per heavy atom. The highest BCUT2D eigenvalue weighted by Crippen LogP contribution is 2.71. The predicted octanol–water partition coefficient (Wildman–Crippen LogP) is 2.30. The normalized spacial score (nSPS) is 29.4. The van der Waals surface area contributed by atoms with Crippen LogP contribution in [0.4, 0.5) is 22.7 Å². The van der Waals surface area contributed by atoms with E-state index in [2.05, 4.69) is 11.4 Å². The second-order valence-electron chi connectivity index (χ2n) is 8.98. The highest BCUT2D eigenvalue weighted by molar-refractivity contribution is 6.34.